The van der Waals surface area contributed by atoms with Crippen molar-refractivity contribution in [3.8, 4) is 23.0 Å². The van der Waals surface area contributed by atoms with E-state index in [1.54, 1.807) is 42.3 Å². The van der Waals surface area contributed by atoms with Crippen LogP contribution in [0.3, 0.4) is 0 Å². The van der Waals surface area contributed by atoms with Crippen LogP contribution < -0.4 is 24.3 Å². The standard InChI is InChI=1S/C25H24Cl2N2O5/c1-31-19-6-7-21(23(13-19)32-2)28-25(30)29(10-9-17-4-5-18(26)12-20(17)27)14-16-3-8-22-24(11-16)34-15-33-22/h3-8,11-13H,9-10,14-15H2,1-2H3,(H,28,30). The van der Waals surface area contributed by atoms with Crippen molar-refractivity contribution >= 4 is 34.9 Å². The Morgan fingerprint density at radius 1 is 1.00 bits per heavy atom. The number of nitrogens with one attached hydrogen (secondary N) is 1. The number of urea groups is 1. The highest BCUT2D eigenvalue weighted by molar-refractivity contribution is 6.35. The van der Waals surface area contributed by atoms with E-state index in [-0.39, 0.29) is 12.8 Å². The van der Waals surface area contributed by atoms with Gasteiger partial charge < -0.3 is 29.2 Å². The summed E-state index contributed by atoms with van der Waals surface area (Å²) in [6.45, 7) is 0.960. The number of amides is 2. The van der Waals surface area contributed by atoms with E-state index in [4.69, 9.17) is 42.1 Å². The van der Waals surface area contributed by atoms with Gasteiger partial charge in [-0.15, -0.1) is 0 Å². The minimum Gasteiger partial charge on any atom is -0.497 e. The third kappa shape index (κ3) is 5.61. The van der Waals surface area contributed by atoms with Gasteiger partial charge in [0, 0.05) is 29.2 Å². The summed E-state index contributed by atoms with van der Waals surface area (Å²) in [5.41, 5.74) is 2.34. The van der Waals surface area contributed by atoms with E-state index in [1.165, 1.54) is 7.11 Å². The Hall–Kier alpha value is -3.29. The van der Waals surface area contributed by atoms with Gasteiger partial charge in [0.1, 0.15) is 11.5 Å². The Kier molecular flexibility index (Phi) is 7.55. The summed E-state index contributed by atoms with van der Waals surface area (Å²) in [5, 5.41) is 4.07. The van der Waals surface area contributed by atoms with Crippen molar-refractivity contribution < 1.29 is 23.7 Å². The molecule has 7 nitrogen and oxygen atoms in total. The van der Waals surface area contributed by atoms with Crippen LogP contribution in [0.15, 0.2) is 54.6 Å². The topological polar surface area (TPSA) is 69.3 Å². The van der Waals surface area contributed by atoms with Gasteiger partial charge in [0.05, 0.1) is 19.9 Å². The Morgan fingerprint density at radius 2 is 1.82 bits per heavy atom. The molecule has 0 radical (unpaired) electrons. The van der Waals surface area contributed by atoms with Crippen LogP contribution >= 0.6 is 23.2 Å². The zero-order valence-electron chi connectivity index (χ0n) is 18.8. The van der Waals surface area contributed by atoms with Crippen LogP contribution in [0.2, 0.25) is 10.0 Å². The van der Waals surface area contributed by atoms with Crippen LogP contribution in [0.4, 0.5) is 10.5 Å². The van der Waals surface area contributed by atoms with E-state index < -0.39 is 0 Å². The number of carbonyl (C=O) groups is 1. The monoisotopic (exact) mass is 502 g/mol. The van der Waals surface area contributed by atoms with Crippen molar-refractivity contribution in [3.63, 3.8) is 0 Å². The van der Waals surface area contributed by atoms with Crippen LogP contribution in [-0.2, 0) is 13.0 Å². The Balaban J connectivity index is 1.55. The molecular weight excluding hydrogens is 479 g/mol. The minimum absolute atomic E-state index is 0.190. The number of anilines is 1. The summed E-state index contributed by atoms with van der Waals surface area (Å²) in [4.78, 5) is 15.1. The normalized spacial score (nSPS) is 11.8. The molecule has 0 spiro atoms. The Labute approximate surface area is 208 Å². The van der Waals surface area contributed by atoms with E-state index in [0.29, 0.717) is 58.2 Å². The molecule has 34 heavy (non-hydrogen) atoms. The van der Waals surface area contributed by atoms with Gasteiger partial charge in [0.25, 0.3) is 0 Å². The largest absolute Gasteiger partial charge is 0.497 e. The molecule has 0 atom stereocenters. The first-order valence-electron chi connectivity index (χ1n) is 10.6. The number of hydrogen-bond donors (Lipinski definition) is 1. The zero-order valence-corrected chi connectivity index (χ0v) is 20.3. The van der Waals surface area contributed by atoms with Gasteiger partial charge in [-0.05, 0) is 53.9 Å². The number of ether oxygens (including phenoxy) is 4. The molecule has 3 aromatic rings. The van der Waals surface area contributed by atoms with Gasteiger partial charge in [0.15, 0.2) is 11.5 Å². The second kappa shape index (κ2) is 10.8. The minimum atomic E-state index is -0.286. The van der Waals surface area contributed by atoms with Crippen LogP contribution in [0.25, 0.3) is 0 Å². The Morgan fingerprint density at radius 3 is 2.59 bits per heavy atom. The lowest BCUT2D eigenvalue weighted by molar-refractivity contribution is 0.174. The maximum atomic E-state index is 13.4. The number of fused-ring (bicyclic) bond motifs is 1. The highest BCUT2D eigenvalue weighted by Gasteiger charge is 2.19. The third-order valence-corrected chi connectivity index (χ3v) is 6.00. The summed E-state index contributed by atoms with van der Waals surface area (Å²) < 4.78 is 21.5. The highest BCUT2D eigenvalue weighted by Crippen LogP contribution is 2.33. The average Bonchev–Trinajstić information content (AvgIpc) is 3.30. The lowest BCUT2D eigenvalue weighted by atomic mass is 10.1. The second-order valence-corrected chi connectivity index (χ2v) is 8.43. The molecule has 0 unspecified atom stereocenters. The number of rotatable bonds is 8. The van der Waals surface area contributed by atoms with Crippen LogP contribution in [0, 0.1) is 0 Å². The molecule has 0 saturated heterocycles. The average molecular weight is 503 g/mol. The van der Waals surface area contributed by atoms with E-state index in [0.717, 1.165) is 11.1 Å². The molecule has 0 aliphatic carbocycles. The summed E-state index contributed by atoms with van der Waals surface area (Å²) >= 11 is 12.4. The number of methoxy groups -OCH3 is 2. The van der Waals surface area contributed by atoms with Crippen molar-refractivity contribution in [2.75, 3.05) is 32.9 Å². The van der Waals surface area contributed by atoms with Crippen LogP contribution in [0.5, 0.6) is 23.0 Å². The SMILES string of the molecule is COc1ccc(NC(=O)N(CCc2ccc(Cl)cc2Cl)Cc2ccc3c(c2)OCO3)c(OC)c1. The fourth-order valence-electron chi connectivity index (χ4n) is 3.59. The first-order valence-corrected chi connectivity index (χ1v) is 11.3. The number of hydrogen-bond acceptors (Lipinski definition) is 5. The number of nitrogens with zero attached hydrogens (tertiary/aromatic N) is 1. The molecule has 4 rings (SSSR count). The molecule has 2 amide bonds. The number of halogens is 2. The van der Waals surface area contributed by atoms with Crippen molar-refractivity contribution in [2.24, 2.45) is 0 Å². The van der Waals surface area contributed by atoms with Gasteiger partial charge in [0.2, 0.25) is 6.79 Å². The quantitative estimate of drug-likeness (QED) is 0.408. The van der Waals surface area contributed by atoms with Gasteiger partial charge in [-0.25, -0.2) is 4.79 Å². The van der Waals surface area contributed by atoms with Crippen molar-refractivity contribution in [1.29, 1.82) is 0 Å². The van der Waals surface area contributed by atoms with E-state index >= 15 is 0 Å². The predicted molar refractivity (Wildman–Crippen MR) is 132 cm³/mol. The first-order chi connectivity index (χ1) is 16.5. The van der Waals surface area contributed by atoms with Gasteiger partial charge in [-0.3, -0.25) is 0 Å². The molecule has 0 aromatic heterocycles. The maximum Gasteiger partial charge on any atom is 0.322 e. The van der Waals surface area contributed by atoms with Gasteiger partial charge >= 0.3 is 6.03 Å². The fourth-order valence-corrected chi connectivity index (χ4v) is 4.09. The number of carbonyl (C=O) groups excluding carboxylic acids is 1. The van der Waals surface area contributed by atoms with E-state index in [9.17, 15) is 4.79 Å². The van der Waals surface area contributed by atoms with Gasteiger partial charge in [-0.1, -0.05) is 35.3 Å². The van der Waals surface area contributed by atoms with Crippen LogP contribution in [0.1, 0.15) is 11.1 Å². The summed E-state index contributed by atoms with van der Waals surface area (Å²) in [5.74, 6) is 2.48. The molecule has 1 aliphatic heterocycles. The van der Waals surface area contributed by atoms with Crippen molar-refractivity contribution in [1.82, 2.24) is 4.90 Å². The summed E-state index contributed by atoms with van der Waals surface area (Å²) in [6.07, 6.45) is 0.549. The fraction of sp³-hybridized carbons (Fsp3) is 0.240. The van der Waals surface area contributed by atoms with E-state index in [1.807, 2.05) is 24.3 Å². The van der Waals surface area contributed by atoms with Crippen molar-refractivity contribution in [2.45, 2.75) is 13.0 Å². The molecular formula is C25H24Cl2N2O5. The molecule has 0 bridgehead atoms. The molecule has 1 aliphatic rings. The first kappa shape index (κ1) is 23.9. The lowest BCUT2D eigenvalue weighted by Crippen LogP contribution is -2.36. The van der Waals surface area contributed by atoms with Gasteiger partial charge in [-0.2, -0.15) is 0 Å². The Bertz CT molecular complexity index is 1190. The molecule has 0 saturated carbocycles. The predicted octanol–water partition coefficient (Wildman–Crippen LogP) is 6.02. The zero-order chi connectivity index (χ0) is 24.1. The molecule has 9 heteroatoms. The third-order valence-electron chi connectivity index (χ3n) is 5.41. The molecule has 1 N–H and O–H groups in total. The van der Waals surface area contributed by atoms with E-state index in [2.05, 4.69) is 5.32 Å². The highest BCUT2D eigenvalue weighted by atomic mass is 35.5. The van der Waals surface area contributed by atoms with Crippen molar-refractivity contribution in [3.05, 3.63) is 75.8 Å². The second-order valence-electron chi connectivity index (χ2n) is 7.59. The summed E-state index contributed by atoms with van der Waals surface area (Å²) in [6, 6.07) is 15.9. The van der Waals surface area contributed by atoms with Crippen LogP contribution in [-0.4, -0.2) is 38.5 Å². The number of benzene rings is 3. The lowest BCUT2D eigenvalue weighted by Gasteiger charge is -2.24. The molecule has 178 valence electrons. The molecule has 3 aromatic carbocycles. The summed E-state index contributed by atoms with van der Waals surface area (Å²) in [7, 11) is 3.11. The molecule has 1 heterocycles. The maximum absolute atomic E-state index is 13.4. The smallest absolute Gasteiger partial charge is 0.322 e. The molecule has 0 fully saturated rings.